The van der Waals surface area contributed by atoms with Crippen molar-refractivity contribution in [2.45, 2.75) is 39.2 Å². The highest BCUT2D eigenvalue weighted by Gasteiger charge is 2.28. The number of nitrogen functional groups attached to an aromatic ring is 1. The van der Waals surface area contributed by atoms with Crippen LogP contribution in [0.25, 0.3) is 11.4 Å². The molecule has 0 radical (unpaired) electrons. The van der Waals surface area contributed by atoms with Crippen LogP contribution in [0.1, 0.15) is 37.8 Å². The summed E-state index contributed by atoms with van der Waals surface area (Å²) in [6.45, 7) is 3.78. The Balaban J connectivity index is 2.05. The summed E-state index contributed by atoms with van der Waals surface area (Å²) in [5, 5.41) is 11.8. The molecule has 1 aromatic carbocycles. The van der Waals surface area contributed by atoms with Gasteiger partial charge in [0, 0.05) is 5.69 Å². The quantitative estimate of drug-likeness (QED) is 0.874. The Morgan fingerprint density at radius 1 is 1.40 bits per heavy atom. The normalized spacial score (nSPS) is 16.9. The maximum absolute atomic E-state index is 14.3. The lowest BCUT2D eigenvalue weighted by Gasteiger charge is -2.31. The number of anilines is 1. The number of rotatable bonds is 3. The summed E-state index contributed by atoms with van der Waals surface area (Å²) in [7, 11) is 0. The summed E-state index contributed by atoms with van der Waals surface area (Å²) in [6.07, 6.45) is 3.61. The van der Waals surface area contributed by atoms with Gasteiger partial charge in [-0.3, -0.25) is 0 Å². The smallest absolute Gasteiger partial charge is 0.185 e. The standard InChI is InChI=1S/C14H18FN5/c1-8-6-11(16)7-12(13(8)15)14-17-18-19-20(14)9(2)10-4-3-5-10/h6-7,9-10H,3-5,16H2,1-2H3. The van der Waals surface area contributed by atoms with Gasteiger partial charge in [-0.05, 0) is 60.7 Å². The Labute approximate surface area is 117 Å². The summed E-state index contributed by atoms with van der Waals surface area (Å²) >= 11 is 0. The van der Waals surface area contributed by atoms with Gasteiger partial charge in [0.2, 0.25) is 0 Å². The van der Waals surface area contributed by atoms with Gasteiger partial charge < -0.3 is 5.73 Å². The van der Waals surface area contributed by atoms with E-state index in [0.29, 0.717) is 28.6 Å². The van der Waals surface area contributed by atoms with Gasteiger partial charge in [-0.15, -0.1) is 5.10 Å². The molecular formula is C14H18FN5. The maximum atomic E-state index is 14.3. The third kappa shape index (κ3) is 2.05. The van der Waals surface area contributed by atoms with Crippen LogP contribution in [0, 0.1) is 18.7 Å². The average Bonchev–Trinajstić information content (AvgIpc) is 2.80. The number of hydrogen-bond donors (Lipinski definition) is 1. The number of nitrogens with zero attached hydrogens (tertiary/aromatic N) is 4. The molecule has 106 valence electrons. The van der Waals surface area contributed by atoms with Gasteiger partial charge >= 0.3 is 0 Å². The van der Waals surface area contributed by atoms with Gasteiger partial charge in [0.15, 0.2) is 5.82 Å². The molecule has 6 heteroatoms. The van der Waals surface area contributed by atoms with E-state index in [1.54, 1.807) is 23.7 Å². The SMILES string of the molecule is Cc1cc(N)cc(-c2nnnn2C(C)C2CCC2)c1F. The van der Waals surface area contributed by atoms with Crippen molar-refractivity contribution in [2.24, 2.45) is 5.92 Å². The fourth-order valence-corrected chi connectivity index (χ4v) is 2.73. The summed E-state index contributed by atoms with van der Waals surface area (Å²) in [5.41, 5.74) is 7.21. The minimum absolute atomic E-state index is 0.176. The van der Waals surface area contributed by atoms with Crippen molar-refractivity contribution in [3.63, 3.8) is 0 Å². The summed E-state index contributed by atoms with van der Waals surface area (Å²) < 4.78 is 16.0. The molecule has 0 amide bonds. The zero-order chi connectivity index (χ0) is 14.3. The van der Waals surface area contributed by atoms with E-state index >= 15 is 0 Å². The minimum atomic E-state index is -0.309. The Kier molecular flexibility index (Phi) is 3.16. The molecule has 5 nitrogen and oxygen atoms in total. The van der Waals surface area contributed by atoms with Crippen molar-refractivity contribution in [2.75, 3.05) is 5.73 Å². The first-order valence-electron chi connectivity index (χ1n) is 6.91. The van der Waals surface area contributed by atoms with Gasteiger partial charge in [-0.2, -0.15) is 0 Å². The Morgan fingerprint density at radius 2 is 2.15 bits per heavy atom. The number of tetrazole rings is 1. The van der Waals surface area contributed by atoms with Crippen LogP contribution >= 0.6 is 0 Å². The summed E-state index contributed by atoms with van der Waals surface area (Å²) in [4.78, 5) is 0. The first-order chi connectivity index (χ1) is 9.58. The van der Waals surface area contributed by atoms with Crippen molar-refractivity contribution in [1.29, 1.82) is 0 Å². The van der Waals surface area contributed by atoms with Crippen LogP contribution in [0.2, 0.25) is 0 Å². The molecule has 1 aliphatic carbocycles. The van der Waals surface area contributed by atoms with E-state index in [-0.39, 0.29) is 11.9 Å². The molecule has 1 saturated carbocycles. The molecule has 1 aromatic heterocycles. The maximum Gasteiger partial charge on any atom is 0.185 e. The largest absolute Gasteiger partial charge is 0.399 e. The van der Waals surface area contributed by atoms with Crippen LogP contribution in [-0.4, -0.2) is 20.2 Å². The van der Waals surface area contributed by atoms with E-state index in [1.807, 2.05) is 0 Å². The minimum Gasteiger partial charge on any atom is -0.399 e. The fraction of sp³-hybridized carbons (Fsp3) is 0.500. The molecule has 2 aromatic rings. The molecule has 0 aliphatic heterocycles. The monoisotopic (exact) mass is 275 g/mol. The van der Waals surface area contributed by atoms with Crippen molar-refractivity contribution >= 4 is 5.69 Å². The van der Waals surface area contributed by atoms with Gasteiger partial charge in [-0.25, -0.2) is 9.07 Å². The number of aryl methyl sites for hydroxylation is 1. The van der Waals surface area contributed by atoms with Crippen LogP contribution in [0.5, 0.6) is 0 Å². The number of halogens is 1. The molecule has 0 saturated heterocycles. The van der Waals surface area contributed by atoms with Crippen LogP contribution in [0.3, 0.4) is 0 Å². The first-order valence-corrected chi connectivity index (χ1v) is 6.91. The number of aromatic nitrogens is 4. The summed E-state index contributed by atoms with van der Waals surface area (Å²) in [6, 6.07) is 3.38. The molecule has 1 fully saturated rings. The third-order valence-corrected chi connectivity index (χ3v) is 4.23. The molecule has 1 unspecified atom stereocenters. The predicted molar refractivity (Wildman–Crippen MR) is 74.4 cm³/mol. The van der Waals surface area contributed by atoms with Crippen molar-refractivity contribution in [3.05, 3.63) is 23.5 Å². The van der Waals surface area contributed by atoms with Gasteiger partial charge in [0.25, 0.3) is 0 Å². The number of nitrogens with two attached hydrogens (primary N) is 1. The lowest BCUT2D eigenvalue weighted by molar-refractivity contribution is 0.210. The van der Waals surface area contributed by atoms with Crippen LogP contribution in [0.4, 0.5) is 10.1 Å². The molecule has 1 aliphatic rings. The van der Waals surface area contributed by atoms with Crippen molar-refractivity contribution < 1.29 is 4.39 Å². The second-order valence-electron chi connectivity index (χ2n) is 5.58. The first kappa shape index (κ1) is 13.0. The van der Waals surface area contributed by atoms with Gasteiger partial charge in [0.1, 0.15) is 5.82 Å². The summed E-state index contributed by atoms with van der Waals surface area (Å²) in [5.74, 6) is 0.718. The zero-order valence-electron chi connectivity index (χ0n) is 11.7. The molecule has 3 rings (SSSR count). The Bertz CT molecular complexity index is 632. The van der Waals surface area contributed by atoms with E-state index < -0.39 is 0 Å². The molecule has 0 bridgehead atoms. The van der Waals surface area contributed by atoms with Crippen molar-refractivity contribution in [3.8, 4) is 11.4 Å². The highest BCUT2D eigenvalue weighted by atomic mass is 19.1. The second kappa shape index (κ2) is 4.85. The molecular weight excluding hydrogens is 257 g/mol. The number of hydrogen-bond acceptors (Lipinski definition) is 4. The number of benzene rings is 1. The van der Waals surface area contributed by atoms with Crippen LogP contribution in [-0.2, 0) is 0 Å². The predicted octanol–water partition coefficient (Wildman–Crippen LogP) is 2.73. The highest BCUT2D eigenvalue weighted by molar-refractivity contribution is 5.63. The lowest BCUT2D eigenvalue weighted by atomic mass is 9.80. The van der Waals surface area contributed by atoms with Crippen LogP contribution < -0.4 is 5.73 Å². The van der Waals surface area contributed by atoms with Gasteiger partial charge in [-0.1, -0.05) is 6.42 Å². The topological polar surface area (TPSA) is 69.6 Å². The average molecular weight is 275 g/mol. The van der Waals surface area contributed by atoms with Crippen LogP contribution in [0.15, 0.2) is 12.1 Å². The Hall–Kier alpha value is -1.98. The fourth-order valence-electron chi connectivity index (χ4n) is 2.73. The third-order valence-electron chi connectivity index (χ3n) is 4.23. The van der Waals surface area contributed by atoms with E-state index in [0.717, 1.165) is 0 Å². The van der Waals surface area contributed by atoms with Gasteiger partial charge in [0.05, 0.1) is 11.6 Å². The zero-order valence-corrected chi connectivity index (χ0v) is 11.7. The Morgan fingerprint density at radius 3 is 2.80 bits per heavy atom. The molecule has 1 atom stereocenters. The highest BCUT2D eigenvalue weighted by Crippen LogP contribution is 2.37. The van der Waals surface area contributed by atoms with E-state index in [1.165, 1.54) is 19.3 Å². The lowest BCUT2D eigenvalue weighted by Crippen LogP contribution is -2.24. The molecule has 0 spiro atoms. The molecule has 2 N–H and O–H groups in total. The van der Waals surface area contributed by atoms with E-state index in [2.05, 4.69) is 22.4 Å². The van der Waals surface area contributed by atoms with E-state index in [4.69, 9.17) is 5.73 Å². The van der Waals surface area contributed by atoms with Crippen molar-refractivity contribution in [1.82, 2.24) is 20.2 Å². The molecule has 1 heterocycles. The second-order valence-corrected chi connectivity index (χ2v) is 5.58. The van der Waals surface area contributed by atoms with E-state index in [9.17, 15) is 4.39 Å². The molecule has 20 heavy (non-hydrogen) atoms.